The number of hydrogen-bond acceptors (Lipinski definition) is 3. The van der Waals surface area contributed by atoms with Crippen molar-refractivity contribution in [2.45, 2.75) is 25.3 Å². The van der Waals surface area contributed by atoms with Crippen molar-refractivity contribution in [1.82, 2.24) is 19.6 Å². The van der Waals surface area contributed by atoms with Crippen LogP contribution in [0.3, 0.4) is 0 Å². The van der Waals surface area contributed by atoms with Gasteiger partial charge in [0.05, 0.1) is 18.3 Å². The van der Waals surface area contributed by atoms with Gasteiger partial charge in [-0.3, -0.25) is 14.2 Å². The molecule has 0 aliphatic heterocycles. The summed E-state index contributed by atoms with van der Waals surface area (Å²) >= 11 is 0. The third kappa shape index (κ3) is 2.56. The Labute approximate surface area is 115 Å². The molecule has 106 valence electrons. The molecule has 0 spiro atoms. The van der Waals surface area contributed by atoms with Crippen molar-refractivity contribution in [2.75, 3.05) is 12.0 Å². The lowest BCUT2D eigenvalue weighted by atomic mass is 10.3. The van der Waals surface area contributed by atoms with Crippen LogP contribution in [0.25, 0.3) is 0 Å². The molecule has 0 aromatic carbocycles. The van der Waals surface area contributed by atoms with Crippen molar-refractivity contribution in [2.24, 2.45) is 7.05 Å². The molecule has 0 unspecified atom stereocenters. The highest BCUT2D eigenvalue weighted by Crippen LogP contribution is 2.40. The molecule has 0 saturated heterocycles. The van der Waals surface area contributed by atoms with Crippen LogP contribution in [-0.2, 0) is 13.6 Å². The molecule has 1 amide bonds. The molecule has 0 bridgehead atoms. The van der Waals surface area contributed by atoms with Gasteiger partial charge in [0.25, 0.3) is 5.91 Å². The summed E-state index contributed by atoms with van der Waals surface area (Å²) in [6.45, 7) is -0.351. The smallest absolute Gasteiger partial charge is 0.260 e. The first-order chi connectivity index (χ1) is 9.67. The second kappa shape index (κ2) is 5.07. The molecule has 20 heavy (non-hydrogen) atoms. The zero-order valence-corrected chi connectivity index (χ0v) is 11.2. The van der Waals surface area contributed by atoms with E-state index in [-0.39, 0.29) is 12.5 Å². The van der Waals surface area contributed by atoms with Gasteiger partial charge in [-0.15, -0.1) is 0 Å². The van der Waals surface area contributed by atoms with Gasteiger partial charge < -0.3 is 5.32 Å². The molecule has 6 nitrogen and oxygen atoms in total. The Morgan fingerprint density at radius 1 is 1.55 bits per heavy atom. The van der Waals surface area contributed by atoms with Crippen LogP contribution in [0.4, 0.5) is 10.2 Å². The van der Waals surface area contributed by atoms with E-state index in [1.165, 1.54) is 29.9 Å². The molecule has 1 N–H and O–H groups in total. The van der Waals surface area contributed by atoms with Crippen molar-refractivity contribution >= 4 is 11.7 Å². The summed E-state index contributed by atoms with van der Waals surface area (Å²) in [4.78, 5) is 12.0. The number of nitrogens with zero attached hydrogens (tertiary/aromatic N) is 4. The zero-order valence-electron chi connectivity index (χ0n) is 11.2. The lowest BCUT2D eigenvalue weighted by Crippen LogP contribution is -2.12. The number of anilines is 1. The number of rotatable bonds is 5. The van der Waals surface area contributed by atoms with Crippen LogP contribution in [0.5, 0.6) is 0 Å². The van der Waals surface area contributed by atoms with Crippen molar-refractivity contribution in [3.63, 3.8) is 0 Å². The normalized spacial score (nSPS) is 14.5. The highest BCUT2D eigenvalue weighted by atomic mass is 19.1. The summed E-state index contributed by atoms with van der Waals surface area (Å²) < 4.78 is 15.4. The van der Waals surface area contributed by atoms with Gasteiger partial charge >= 0.3 is 0 Å². The highest BCUT2D eigenvalue weighted by Gasteiger charge is 2.27. The minimum Gasteiger partial charge on any atom is -0.305 e. The van der Waals surface area contributed by atoms with Crippen molar-refractivity contribution < 1.29 is 9.18 Å². The Morgan fingerprint density at radius 2 is 2.35 bits per heavy atom. The summed E-state index contributed by atoms with van der Waals surface area (Å²) in [6.07, 6.45) is 5.32. The van der Waals surface area contributed by atoms with E-state index < -0.39 is 6.67 Å². The molecular weight excluding hydrogens is 261 g/mol. The number of carbonyl (C=O) groups is 1. The summed E-state index contributed by atoms with van der Waals surface area (Å²) in [7, 11) is 1.88. The molecule has 1 saturated carbocycles. The number of amides is 1. The van der Waals surface area contributed by atoms with Gasteiger partial charge in [0.15, 0.2) is 5.82 Å². The average molecular weight is 277 g/mol. The van der Waals surface area contributed by atoms with E-state index in [2.05, 4.69) is 15.5 Å². The van der Waals surface area contributed by atoms with E-state index in [9.17, 15) is 9.18 Å². The number of aryl methyl sites for hydroxylation is 2. The standard InChI is InChI=1S/C13H16FN5O/c1-18-11(9-2-3-9)6-12(17-18)16-13(20)10-7-15-19(8-10)5-4-14/h6-9H,2-5H2,1H3,(H,16,17,20). The van der Waals surface area contributed by atoms with Gasteiger partial charge in [0.1, 0.15) is 6.67 Å². The minimum atomic E-state index is -0.506. The molecule has 3 rings (SSSR count). The van der Waals surface area contributed by atoms with Crippen LogP contribution in [0.1, 0.15) is 34.8 Å². The van der Waals surface area contributed by atoms with Gasteiger partial charge in [-0.25, -0.2) is 4.39 Å². The summed E-state index contributed by atoms with van der Waals surface area (Å²) in [5.74, 6) is 0.832. The monoisotopic (exact) mass is 277 g/mol. The third-order valence-electron chi connectivity index (χ3n) is 3.36. The molecule has 1 fully saturated rings. The van der Waals surface area contributed by atoms with E-state index in [1.807, 2.05) is 13.1 Å². The molecule has 2 heterocycles. The number of hydrogen-bond donors (Lipinski definition) is 1. The van der Waals surface area contributed by atoms with Crippen molar-refractivity contribution in [3.8, 4) is 0 Å². The van der Waals surface area contributed by atoms with E-state index in [1.54, 1.807) is 4.68 Å². The second-order valence-corrected chi connectivity index (χ2v) is 4.99. The van der Waals surface area contributed by atoms with E-state index >= 15 is 0 Å². The molecule has 2 aromatic heterocycles. The van der Waals surface area contributed by atoms with Crippen LogP contribution in [-0.4, -0.2) is 32.1 Å². The Hall–Kier alpha value is -2.18. The van der Waals surface area contributed by atoms with Crippen molar-refractivity contribution in [1.29, 1.82) is 0 Å². The zero-order chi connectivity index (χ0) is 14.1. The van der Waals surface area contributed by atoms with Crippen LogP contribution in [0.15, 0.2) is 18.5 Å². The van der Waals surface area contributed by atoms with Crippen LogP contribution in [0.2, 0.25) is 0 Å². The fraction of sp³-hybridized carbons (Fsp3) is 0.462. The first kappa shape index (κ1) is 12.8. The molecular formula is C13H16FN5O. The largest absolute Gasteiger partial charge is 0.305 e. The van der Waals surface area contributed by atoms with Gasteiger partial charge in [-0.2, -0.15) is 10.2 Å². The van der Waals surface area contributed by atoms with Gasteiger partial charge in [-0.05, 0) is 12.8 Å². The molecule has 1 aliphatic carbocycles. The van der Waals surface area contributed by atoms with Crippen LogP contribution < -0.4 is 5.32 Å². The van der Waals surface area contributed by atoms with Gasteiger partial charge in [-0.1, -0.05) is 0 Å². The maximum atomic E-state index is 12.2. The van der Waals surface area contributed by atoms with Crippen LogP contribution in [0, 0.1) is 0 Å². The Morgan fingerprint density at radius 3 is 3.05 bits per heavy atom. The second-order valence-electron chi connectivity index (χ2n) is 4.99. The lowest BCUT2D eigenvalue weighted by molar-refractivity contribution is 0.102. The number of halogens is 1. The van der Waals surface area contributed by atoms with E-state index in [0.29, 0.717) is 17.3 Å². The molecule has 0 atom stereocenters. The topological polar surface area (TPSA) is 64.7 Å². The molecule has 0 radical (unpaired) electrons. The molecule has 2 aromatic rings. The molecule has 7 heteroatoms. The van der Waals surface area contributed by atoms with E-state index in [0.717, 1.165) is 5.69 Å². The minimum absolute atomic E-state index is 0.155. The number of carbonyl (C=O) groups excluding carboxylic acids is 1. The number of aromatic nitrogens is 4. The summed E-state index contributed by atoms with van der Waals surface area (Å²) in [5, 5.41) is 10.9. The Bertz CT molecular complexity index is 628. The summed E-state index contributed by atoms with van der Waals surface area (Å²) in [6, 6.07) is 1.90. The lowest BCUT2D eigenvalue weighted by Gasteiger charge is -1.98. The quantitative estimate of drug-likeness (QED) is 0.905. The maximum absolute atomic E-state index is 12.2. The third-order valence-corrected chi connectivity index (χ3v) is 3.36. The first-order valence-electron chi connectivity index (χ1n) is 6.61. The fourth-order valence-corrected chi connectivity index (χ4v) is 2.18. The Balaban J connectivity index is 1.69. The van der Waals surface area contributed by atoms with Crippen LogP contribution >= 0.6 is 0 Å². The van der Waals surface area contributed by atoms with Gasteiger partial charge in [0, 0.05) is 30.9 Å². The number of alkyl halides is 1. The first-order valence-corrected chi connectivity index (χ1v) is 6.61. The van der Waals surface area contributed by atoms with E-state index in [4.69, 9.17) is 0 Å². The fourth-order valence-electron chi connectivity index (χ4n) is 2.18. The highest BCUT2D eigenvalue weighted by molar-refractivity contribution is 6.03. The number of nitrogens with one attached hydrogen (secondary N) is 1. The SMILES string of the molecule is Cn1nc(NC(=O)c2cnn(CCF)c2)cc1C1CC1. The predicted molar refractivity (Wildman–Crippen MR) is 71.3 cm³/mol. The maximum Gasteiger partial charge on any atom is 0.260 e. The molecule has 1 aliphatic rings. The summed E-state index contributed by atoms with van der Waals surface area (Å²) in [5.41, 5.74) is 1.55. The average Bonchev–Trinajstić information content (AvgIpc) is 3.04. The Kier molecular flexibility index (Phi) is 3.25. The predicted octanol–water partition coefficient (Wildman–Crippen LogP) is 1.72. The van der Waals surface area contributed by atoms with Crippen molar-refractivity contribution in [3.05, 3.63) is 29.7 Å². The van der Waals surface area contributed by atoms with Gasteiger partial charge in [0.2, 0.25) is 0 Å².